The number of benzene rings is 2. The summed E-state index contributed by atoms with van der Waals surface area (Å²) < 4.78 is 1.69. The van der Waals surface area contributed by atoms with Gasteiger partial charge in [-0.1, -0.05) is 55.0 Å². The Kier molecular flexibility index (Phi) is 6.22. The number of nitrogens with zero attached hydrogens (tertiary/aromatic N) is 2. The molecule has 0 radical (unpaired) electrons. The highest BCUT2D eigenvalue weighted by Gasteiger charge is 2.19. The van der Waals surface area contributed by atoms with Crippen molar-refractivity contribution in [3.05, 3.63) is 71.9 Å². The molecular weight excluding hydrogens is 352 g/mol. The second-order valence-corrected chi connectivity index (χ2v) is 6.57. The van der Waals surface area contributed by atoms with Crippen LogP contribution in [-0.4, -0.2) is 34.7 Å². The molecule has 0 saturated heterocycles. The number of rotatable bonds is 7. The van der Waals surface area contributed by atoms with Gasteiger partial charge in [0.2, 0.25) is 5.91 Å². The molecule has 0 aliphatic rings. The first-order chi connectivity index (χ1) is 13.6. The summed E-state index contributed by atoms with van der Waals surface area (Å²) in [4.78, 5) is 24.6. The van der Waals surface area contributed by atoms with Crippen LogP contribution in [0.25, 0.3) is 16.9 Å². The average molecular weight is 376 g/mol. The van der Waals surface area contributed by atoms with E-state index < -0.39 is 0 Å². The Labute approximate surface area is 164 Å². The van der Waals surface area contributed by atoms with Crippen molar-refractivity contribution in [1.29, 1.82) is 0 Å². The van der Waals surface area contributed by atoms with Crippen LogP contribution in [0, 0.1) is 6.92 Å². The maximum Gasteiger partial charge on any atom is 0.255 e. The third-order valence-electron chi connectivity index (χ3n) is 4.29. The van der Waals surface area contributed by atoms with E-state index in [1.54, 1.807) is 10.9 Å². The van der Waals surface area contributed by atoms with Gasteiger partial charge in [0, 0.05) is 18.3 Å². The normalized spacial score (nSPS) is 10.5. The van der Waals surface area contributed by atoms with Gasteiger partial charge in [-0.3, -0.25) is 9.59 Å². The number of amides is 2. The molecule has 2 amide bonds. The number of nitrogens with one attached hydrogen (secondary N) is 2. The minimum atomic E-state index is -0.330. The van der Waals surface area contributed by atoms with Gasteiger partial charge in [-0.15, -0.1) is 0 Å². The van der Waals surface area contributed by atoms with E-state index in [-0.39, 0.29) is 18.4 Å². The van der Waals surface area contributed by atoms with E-state index >= 15 is 0 Å². The zero-order valence-corrected chi connectivity index (χ0v) is 16.1. The molecule has 0 bridgehead atoms. The molecule has 3 rings (SSSR count). The monoisotopic (exact) mass is 376 g/mol. The van der Waals surface area contributed by atoms with Gasteiger partial charge < -0.3 is 10.6 Å². The SMILES string of the molecule is CCCNC(=O)CNC(=O)c1cn(-c2ccc(C)cc2)nc1-c1ccccc1. The molecule has 2 aromatic carbocycles. The maximum absolute atomic E-state index is 12.8. The third-order valence-corrected chi connectivity index (χ3v) is 4.29. The van der Waals surface area contributed by atoms with E-state index in [4.69, 9.17) is 0 Å². The Hall–Kier alpha value is -3.41. The molecule has 0 saturated carbocycles. The van der Waals surface area contributed by atoms with Gasteiger partial charge in [0.15, 0.2) is 0 Å². The minimum absolute atomic E-state index is 0.0667. The summed E-state index contributed by atoms with van der Waals surface area (Å²) in [6.07, 6.45) is 2.55. The van der Waals surface area contributed by atoms with Gasteiger partial charge in [-0.05, 0) is 25.5 Å². The molecule has 0 unspecified atom stereocenters. The van der Waals surface area contributed by atoms with Gasteiger partial charge in [-0.2, -0.15) is 5.10 Å². The van der Waals surface area contributed by atoms with E-state index in [0.717, 1.165) is 23.2 Å². The Morgan fingerprint density at radius 1 is 1.00 bits per heavy atom. The highest BCUT2D eigenvalue weighted by atomic mass is 16.2. The van der Waals surface area contributed by atoms with Crippen molar-refractivity contribution >= 4 is 11.8 Å². The fourth-order valence-electron chi connectivity index (χ4n) is 2.76. The summed E-state index contributed by atoms with van der Waals surface area (Å²) in [6.45, 7) is 4.52. The van der Waals surface area contributed by atoms with Crippen LogP contribution in [0.5, 0.6) is 0 Å². The second-order valence-electron chi connectivity index (χ2n) is 6.57. The highest BCUT2D eigenvalue weighted by Crippen LogP contribution is 2.23. The highest BCUT2D eigenvalue weighted by molar-refractivity contribution is 6.01. The van der Waals surface area contributed by atoms with Crippen molar-refractivity contribution < 1.29 is 9.59 Å². The Balaban J connectivity index is 1.88. The molecule has 6 heteroatoms. The zero-order valence-electron chi connectivity index (χ0n) is 16.1. The first-order valence-electron chi connectivity index (χ1n) is 9.35. The fourth-order valence-corrected chi connectivity index (χ4v) is 2.76. The maximum atomic E-state index is 12.8. The molecule has 6 nitrogen and oxygen atoms in total. The van der Waals surface area contributed by atoms with E-state index in [1.165, 1.54) is 0 Å². The second kappa shape index (κ2) is 8.99. The number of hydrogen-bond acceptors (Lipinski definition) is 3. The molecular formula is C22H24N4O2. The molecule has 0 aliphatic heterocycles. The van der Waals surface area contributed by atoms with Crippen molar-refractivity contribution in [3.8, 4) is 16.9 Å². The van der Waals surface area contributed by atoms with Crippen LogP contribution < -0.4 is 10.6 Å². The number of hydrogen-bond donors (Lipinski definition) is 2. The summed E-state index contributed by atoms with van der Waals surface area (Å²) >= 11 is 0. The lowest BCUT2D eigenvalue weighted by Crippen LogP contribution is -2.37. The molecule has 0 spiro atoms. The summed E-state index contributed by atoms with van der Waals surface area (Å²) in [5.74, 6) is -0.536. The predicted molar refractivity (Wildman–Crippen MR) is 109 cm³/mol. The molecule has 2 N–H and O–H groups in total. The van der Waals surface area contributed by atoms with Gasteiger partial charge in [0.25, 0.3) is 5.91 Å². The van der Waals surface area contributed by atoms with Crippen LogP contribution >= 0.6 is 0 Å². The van der Waals surface area contributed by atoms with E-state index in [9.17, 15) is 9.59 Å². The largest absolute Gasteiger partial charge is 0.355 e. The van der Waals surface area contributed by atoms with Crippen LogP contribution in [0.1, 0.15) is 29.3 Å². The van der Waals surface area contributed by atoms with Crippen LogP contribution in [0.3, 0.4) is 0 Å². The van der Waals surface area contributed by atoms with Crippen molar-refractivity contribution in [2.24, 2.45) is 0 Å². The van der Waals surface area contributed by atoms with Gasteiger partial charge in [0.1, 0.15) is 5.69 Å². The first-order valence-corrected chi connectivity index (χ1v) is 9.35. The lowest BCUT2D eigenvalue weighted by atomic mass is 10.1. The lowest BCUT2D eigenvalue weighted by molar-refractivity contribution is -0.120. The number of aromatic nitrogens is 2. The summed E-state index contributed by atoms with van der Waals surface area (Å²) in [7, 11) is 0. The Bertz CT molecular complexity index is 946. The van der Waals surface area contributed by atoms with E-state index in [1.807, 2.05) is 68.4 Å². The quantitative estimate of drug-likeness (QED) is 0.665. The predicted octanol–water partition coefficient (Wildman–Crippen LogP) is 3.10. The molecule has 144 valence electrons. The van der Waals surface area contributed by atoms with E-state index in [2.05, 4.69) is 15.7 Å². The standard InChI is InChI=1S/C22H24N4O2/c1-3-13-23-20(27)14-24-22(28)19-15-26(18-11-9-16(2)10-12-18)25-21(19)17-7-5-4-6-8-17/h4-12,15H,3,13-14H2,1-2H3,(H,23,27)(H,24,28). The Morgan fingerprint density at radius 3 is 2.39 bits per heavy atom. The Morgan fingerprint density at radius 2 is 1.71 bits per heavy atom. The first kappa shape index (κ1) is 19.4. The van der Waals surface area contributed by atoms with Crippen molar-refractivity contribution in [2.45, 2.75) is 20.3 Å². The summed E-state index contributed by atoms with van der Waals surface area (Å²) in [6, 6.07) is 17.4. The number of aryl methyl sites for hydroxylation is 1. The van der Waals surface area contributed by atoms with Crippen molar-refractivity contribution in [3.63, 3.8) is 0 Å². The minimum Gasteiger partial charge on any atom is -0.355 e. The van der Waals surface area contributed by atoms with Crippen LogP contribution in [0.4, 0.5) is 0 Å². The molecule has 1 heterocycles. The van der Waals surface area contributed by atoms with E-state index in [0.29, 0.717) is 17.8 Å². The summed E-state index contributed by atoms with van der Waals surface area (Å²) in [5.41, 5.74) is 3.86. The molecule has 1 aromatic heterocycles. The number of carbonyl (C=O) groups excluding carboxylic acids is 2. The fraction of sp³-hybridized carbons (Fsp3) is 0.227. The number of carbonyl (C=O) groups is 2. The molecule has 28 heavy (non-hydrogen) atoms. The lowest BCUT2D eigenvalue weighted by Gasteiger charge is -2.06. The molecule has 0 atom stereocenters. The molecule has 0 aliphatic carbocycles. The van der Waals surface area contributed by atoms with Crippen molar-refractivity contribution in [2.75, 3.05) is 13.1 Å². The van der Waals surface area contributed by atoms with Gasteiger partial charge in [-0.25, -0.2) is 4.68 Å². The molecule has 3 aromatic rings. The summed E-state index contributed by atoms with van der Waals surface area (Å²) in [5, 5.41) is 10.1. The van der Waals surface area contributed by atoms with Gasteiger partial charge >= 0.3 is 0 Å². The third kappa shape index (κ3) is 4.65. The smallest absolute Gasteiger partial charge is 0.255 e. The van der Waals surface area contributed by atoms with Crippen LogP contribution in [0.2, 0.25) is 0 Å². The van der Waals surface area contributed by atoms with Crippen LogP contribution in [-0.2, 0) is 4.79 Å². The molecule has 0 fully saturated rings. The van der Waals surface area contributed by atoms with Gasteiger partial charge in [0.05, 0.1) is 17.8 Å². The zero-order chi connectivity index (χ0) is 19.9. The average Bonchev–Trinajstić information content (AvgIpc) is 3.17. The van der Waals surface area contributed by atoms with Crippen molar-refractivity contribution in [1.82, 2.24) is 20.4 Å². The topological polar surface area (TPSA) is 76.0 Å². The van der Waals surface area contributed by atoms with Crippen LogP contribution in [0.15, 0.2) is 60.8 Å².